The second-order valence-electron chi connectivity index (χ2n) is 1.85. The Hall–Kier alpha value is -1.58. The molecule has 0 aliphatic rings. The minimum Gasteiger partial charge on any atom is -0.367 e. The highest BCUT2D eigenvalue weighted by molar-refractivity contribution is 5.51. The van der Waals surface area contributed by atoms with Gasteiger partial charge in [0.15, 0.2) is 0 Å². The first-order valence-electron chi connectivity index (χ1n) is 2.86. The van der Waals surface area contributed by atoms with Crippen molar-refractivity contribution in [2.45, 2.75) is 0 Å². The van der Waals surface area contributed by atoms with E-state index < -0.39 is 0 Å². The topological polar surface area (TPSA) is 54.7 Å². The molecule has 0 aliphatic carbocycles. The van der Waals surface area contributed by atoms with Crippen molar-refractivity contribution in [3.63, 3.8) is 0 Å². The van der Waals surface area contributed by atoms with Gasteiger partial charge in [0.05, 0.1) is 0 Å². The first kappa shape index (κ1) is 5.22. The van der Waals surface area contributed by atoms with E-state index in [1.165, 1.54) is 6.39 Å². The second kappa shape index (κ2) is 1.98. The zero-order chi connectivity index (χ0) is 6.81. The maximum atomic E-state index is 4.56. The second-order valence-corrected chi connectivity index (χ2v) is 1.85. The summed E-state index contributed by atoms with van der Waals surface area (Å²) in [5.74, 6) is 0.612. The molecule has 0 fully saturated rings. The molecule has 4 heteroatoms. The Morgan fingerprint density at radius 3 is 3.10 bits per heavy atom. The molecule has 10 heavy (non-hydrogen) atoms. The van der Waals surface area contributed by atoms with Crippen LogP contribution in [0.4, 0.5) is 0 Å². The molecule has 0 saturated heterocycles. The molecule has 0 spiro atoms. The van der Waals surface area contributed by atoms with Gasteiger partial charge in [-0.3, -0.25) is 0 Å². The average Bonchev–Trinajstić information content (AvgIpc) is 2.59. The minimum absolute atomic E-state index is 0.612. The molecule has 1 N–H and O–H groups in total. The summed E-state index contributed by atoms with van der Waals surface area (Å²) in [5.41, 5.74) is 0.939. The molecule has 0 aliphatic heterocycles. The van der Waals surface area contributed by atoms with Gasteiger partial charge < -0.3 is 9.51 Å². The first-order valence-corrected chi connectivity index (χ1v) is 2.86. The van der Waals surface area contributed by atoms with Crippen LogP contribution in [0, 0.1) is 0 Å². The van der Waals surface area contributed by atoms with Crippen LogP contribution in [0.5, 0.6) is 0 Å². The molecule has 0 aromatic carbocycles. The third kappa shape index (κ3) is 0.699. The van der Waals surface area contributed by atoms with Crippen molar-refractivity contribution in [1.82, 2.24) is 15.1 Å². The Kier molecular flexibility index (Phi) is 1.04. The van der Waals surface area contributed by atoms with Crippen LogP contribution < -0.4 is 0 Å². The molecule has 4 nitrogen and oxygen atoms in total. The molecule has 50 valence electrons. The Balaban J connectivity index is 2.48. The Labute approximate surface area is 56.9 Å². The molecule has 0 amide bonds. The summed E-state index contributed by atoms with van der Waals surface area (Å²) in [5, 5.41) is 3.65. The monoisotopic (exact) mass is 135 g/mol. The molecule has 0 bridgehead atoms. The predicted octanol–water partition coefficient (Wildman–Crippen LogP) is 1.06. The molecule has 0 atom stereocenters. The van der Waals surface area contributed by atoms with Crippen LogP contribution in [-0.4, -0.2) is 15.1 Å². The van der Waals surface area contributed by atoms with Crippen LogP contribution in [-0.2, 0) is 0 Å². The fraction of sp³-hybridized carbons (Fsp3) is 0. The van der Waals surface area contributed by atoms with Gasteiger partial charge in [-0.25, -0.2) is 0 Å². The highest BCUT2D eigenvalue weighted by Crippen LogP contribution is 2.11. The van der Waals surface area contributed by atoms with Gasteiger partial charge in [-0.1, -0.05) is 5.16 Å². The number of aromatic nitrogens is 3. The first-order chi connectivity index (χ1) is 4.97. The molecule has 0 unspecified atom stereocenters. The van der Waals surface area contributed by atoms with E-state index in [9.17, 15) is 0 Å². The van der Waals surface area contributed by atoms with Crippen molar-refractivity contribution < 1.29 is 4.52 Å². The van der Waals surface area contributed by atoms with Gasteiger partial charge in [-0.15, -0.1) is 0 Å². The molecular formula is C6H5N3O. The van der Waals surface area contributed by atoms with E-state index in [0.29, 0.717) is 5.82 Å². The van der Waals surface area contributed by atoms with E-state index in [1.807, 2.05) is 18.5 Å². The summed E-state index contributed by atoms with van der Waals surface area (Å²) in [6, 6.07) is 1.88. The van der Waals surface area contributed by atoms with Gasteiger partial charge in [-0.05, 0) is 6.07 Å². The number of hydrogen-bond donors (Lipinski definition) is 1. The molecule has 2 rings (SSSR count). The van der Waals surface area contributed by atoms with Crippen LogP contribution in [0.25, 0.3) is 11.4 Å². The van der Waals surface area contributed by atoms with Gasteiger partial charge in [0.2, 0.25) is 12.2 Å². The lowest BCUT2D eigenvalue weighted by Crippen LogP contribution is -1.73. The molecular weight excluding hydrogens is 130 g/mol. The average molecular weight is 135 g/mol. The third-order valence-electron chi connectivity index (χ3n) is 1.22. The largest absolute Gasteiger partial charge is 0.367 e. The Morgan fingerprint density at radius 1 is 1.50 bits per heavy atom. The lowest BCUT2D eigenvalue weighted by atomic mass is 10.3. The molecule has 2 heterocycles. The number of nitrogens with zero attached hydrogens (tertiary/aromatic N) is 2. The molecule has 2 aromatic rings. The zero-order valence-electron chi connectivity index (χ0n) is 5.11. The maximum absolute atomic E-state index is 4.56. The smallest absolute Gasteiger partial charge is 0.214 e. The summed E-state index contributed by atoms with van der Waals surface area (Å²) in [6.07, 6.45) is 4.93. The summed E-state index contributed by atoms with van der Waals surface area (Å²) in [7, 11) is 0. The zero-order valence-corrected chi connectivity index (χ0v) is 5.11. The standard InChI is InChI=1S/C6H5N3O/c1-2-7-3-5(1)6-8-4-10-9-6/h1-4,7H. The van der Waals surface area contributed by atoms with Crippen molar-refractivity contribution in [2.75, 3.05) is 0 Å². The summed E-state index contributed by atoms with van der Waals surface area (Å²) < 4.78 is 4.56. The third-order valence-corrected chi connectivity index (χ3v) is 1.22. The SMILES string of the molecule is c1cc(-c2ncon2)c[nH]1. The maximum Gasteiger partial charge on any atom is 0.214 e. The van der Waals surface area contributed by atoms with Crippen molar-refractivity contribution in [2.24, 2.45) is 0 Å². The molecule has 0 saturated carbocycles. The molecule has 0 radical (unpaired) electrons. The van der Waals surface area contributed by atoms with Crippen molar-refractivity contribution in [1.29, 1.82) is 0 Å². The van der Waals surface area contributed by atoms with Crippen molar-refractivity contribution in [3.8, 4) is 11.4 Å². The van der Waals surface area contributed by atoms with Crippen LogP contribution in [0.3, 0.4) is 0 Å². The molecule has 2 aromatic heterocycles. The van der Waals surface area contributed by atoms with E-state index in [1.54, 1.807) is 0 Å². The highest BCUT2D eigenvalue weighted by Gasteiger charge is 2.00. The fourth-order valence-corrected chi connectivity index (χ4v) is 0.761. The normalized spacial score (nSPS) is 10.0. The lowest BCUT2D eigenvalue weighted by Gasteiger charge is -1.80. The Bertz CT molecular complexity index is 252. The minimum atomic E-state index is 0.612. The van der Waals surface area contributed by atoms with Gasteiger partial charge in [0.1, 0.15) is 0 Å². The van der Waals surface area contributed by atoms with Crippen molar-refractivity contribution in [3.05, 3.63) is 24.9 Å². The highest BCUT2D eigenvalue weighted by atomic mass is 16.5. The van der Waals surface area contributed by atoms with E-state index in [4.69, 9.17) is 0 Å². The predicted molar refractivity (Wildman–Crippen MR) is 34.1 cm³/mol. The number of H-pyrrole nitrogens is 1. The summed E-state index contributed by atoms with van der Waals surface area (Å²) >= 11 is 0. The number of aromatic amines is 1. The van der Waals surface area contributed by atoms with Crippen LogP contribution in [0.2, 0.25) is 0 Å². The van der Waals surface area contributed by atoms with Gasteiger partial charge in [0.25, 0.3) is 0 Å². The fourth-order valence-electron chi connectivity index (χ4n) is 0.761. The summed E-state index contributed by atoms with van der Waals surface area (Å²) in [6.45, 7) is 0. The van der Waals surface area contributed by atoms with E-state index >= 15 is 0 Å². The Morgan fingerprint density at radius 2 is 2.50 bits per heavy atom. The number of rotatable bonds is 1. The van der Waals surface area contributed by atoms with Gasteiger partial charge in [0, 0.05) is 18.0 Å². The van der Waals surface area contributed by atoms with E-state index in [-0.39, 0.29) is 0 Å². The van der Waals surface area contributed by atoms with Crippen molar-refractivity contribution >= 4 is 0 Å². The number of nitrogens with one attached hydrogen (secondary N) is 1. The van der Waals surface area contributed by atoms with Crippen LogP contribution in [0.1, 0.15) is 0 Å². The van der Waals surface area contributed by atoms with E-state index in [0.717, 1.165) is 5.56 Å². The van der Waals surface area contributed by atoms with Gasteiger partial charge in [-0.2, -0.15) is 4.98 Å². The van der Waals surface area contributed by atoms with E-state index in [2.05, 4.69) is 19.6 Å². The summed E-state index contributed by atoms with van der Waals surface area (Å²) in [4.78, 5) is 6.76. The lowest BCUT2D eigenvalue weighted by molar-refractivity contribution is 0.419. The van der Waals surface area contributed by atoms with Crippen LogP contribution in [0.15, 0.2) is 29.4 Å². The quantitative estimate of drug-likeness (QED) is 0.636. The van der Waals surface area contributed by atoms with Gasteiger partial charge >= 0.3 is 0 Å². The number of hydrogen-bond acceptors (Lipinski definition) is 3. The van der Waals surface area contributed by atoms with Crippen LogP contribution >= 0.6 is 0 Å².